The van der Waals surface area contributed by atoms with Gasteiger partial charge in [-0.1, -0.05) is 0 Å². The highest BCUT2D eigenvalue weighted by Gasteiger charge is 2.32. The molecule has 0 amide bonds. The van der Waals surface area contributed by atoms with Gasteiger partial charge in [-0.2, -0.15) is 5.10 Å². The Hall–Kier alpha value is -1.03. The first kappa shape index (κ1) is 10.1. The third-order valence-electron chi connectivity index (χ3n) is 2.83. The van der Waals surface area contributed by atoms with E-state index in [0.717, 1.165) is 17.9 Å². The fourth-order valence-corrected chi connectivity index (χ4v) is 2.68. The summed E-state index contributed by atoms with van der Waals surface area (Å²) < 4.78 is 5.91. The summed E-state index contributed by atoms with van der Waals surface area (Å²) in [7, 11) is 0. The van der Waals surface area contributed by atoms with Crippen molar-refractivity contribution in [3.8, 4) is 5.75 Å². The molecule has 1 N–H and O–H groups in total. The Morgan fingerprint density at radius 2 is 2.31 bits per heavy atom. The molecule has 1 fully saturated rings. The molecule has 0 bridgehead atoms. The van der Waals surface area contributed by atoms with Gasteiger partial charge in [-0.3, -0.25) is 0 Å². The number of rotatable bonds is 2. The maximum Gasteiger partial charge on any atom is 0.140 e. The Bertz CT molecular complexity index is 432. The zero-order chi connectivity index (χ0) is 11.2. The summed E-state index contributed by atoms with van der Waals surface area (Å²) in [5.41, 5.74) is 4.24. The van der Waals surface area contributed by atoms with Crippen LogP contribution in [0.3, 0.4) is 0 Å². The monoisotopic (exact) mass is 236 g/mol. The van der Waals surface area contributed by atoms with E-state index in [-0.39, 0.29) is 5.60 Å². The molecular formula is C12H16N2OS. The molecule has 3 nitrogen and oxygen atoms in total. The van der Waals surface area contributed by atoms with Crippen LogP contribution in [0.25, 0.3) is 0 Å². The van der Waals surface area contributed by atoms with Crippen LogP contribution in [-0.4, -0.2) is 17.4 Å². The zero-order valence-electron chi connectivity index (χ0n) is 9.62. The summed E-state index contributed by atoms with van der Waals surface area (Å²) in [5, 5.41) is 6.62. The molecular weight excluding hydrogens is 220 g/mol. The molecule has 2 heterocycles. The minimum absolute atomic E-state index is 0.141. The second-order valence-electron chi connectivity index (χ2n) is 5.11. The molecule has 1 aromatic heterocycles. The van der Waals surface area contributed by atoms with Crippen LogP contribution >= 0.6 is 11.3 Å². The van der Waals surface area contributed by atoms with Gasteiger partial charge in [-0.25, -0.2) is 0 Å². The van der Waals surface area contributed by atoms with Crippen LogP contribution in [-0.2, 0) is 0 Å². The van der Waals surface area contributed by atoms with Crippen LogP contribution in [0.2, 0.25) is 0 Å². The molecule has 4 heteroatoms. The van der Waals surface area contributed by atoms with Gasteiger partial charge in [0.15, 0.2) is 0 Å². The molecule has 1 saturated carbocycles. The number of fused-ring (bicyclic) bond motifs is 1. The van der Waals surface area contributed by atoms with Gasteiger partial charge in [0.1, 0.15) is 11.4 Å². The van der Waals surface area contributed by atoms with Crippen molar-refractivity contribution in [2.75, 3.05) is 0 Å². The molecule has 0 spiro atoms. The highest BCUT2D eigenvalue weighted by atomic mass is 32.1. The number of hydrogen-bond acceptors (Lipinski definition) is 4. The first-order valence-electron chi connectivity index (χ1n) is 5.73. The SMILES string of the molecule is CC1(C)C/C(=N\NC2CC2)c2sccc2O1. The molecule has 16 heavy (non-hydrogen) atoms. The van der Waals surface area contributed by atoms with Crippen LogP contribution in [0.1, 0.15) is 38.0 Å². The highest BCUT2D eigenvalue weighted by Crippen LogP contribution is 2.36. The number of nitrogens with one attached hydrogen (secondary N) is 1. The van der Waals surface area contributed by atoms with Crippen LogP contribution in [0, 0.1) is 0 Å². The second kappa shape index (κ2) is 3.48. The summed E-state index contributed by atoms with van der Waals surface area (Å²) in [6.07, 6.45) is 3.39. The molecule has 0 radical (unpaired) electrons. The summed E-state index contributed by atoms with van der Waals surface area (Å²) in [6, 6.07) is 2.65. The summed E-state index contributed by atoms with van der Waals surface area (Å²) >= 11 is 1.71. The third kappa shape index (κ3) is 1.94. The quantitative estimate of drug-likeness (QED) is 0.801. The number of thiophene rings is 1. The molecule has 1 aliphatic heterocycles. The van der Waals surface area contributed by atoms with Crippen molar-refractivity contribution in [2.45, 2.75) is 44.8 Å². The number of ether oxygens (including phenoxy) is 1. The number of hydrogen-bond donors (Lipinski definition) is 1. The zero-order valence-corrected chi connectivity index (χ0v) is 10.4. The van der Waals surface area contributed by atoms with E-state index in [0.29, 0.717) is 6.04 Å². The fourth-order valence-electron chi connectivity index (χ4n) is 1.88. The smallest absolute Gasteiger partial charge is 0.140 e. The average molecular weight is 236 g/mol. The minimum Gasteiger partial charge on any atom is -0.486 e. The van der Waals surface area contributed by atoms with Gasteiger partial charge >= 0.3 is 0 Å². The predicted molar refractivity (Wildman–Crippen MR) is 66.3 cm³/mol. The standard InChI is InChI=1S/C12H16N2OS/c1-12(2)7-9(14-13-8-3-4-8)11-10(15-12)5-6-16-11/h5-6,8,13H,3-4,7H2,1-2H3/b14-9+. The van der Waals surface area contributed by atoms with E-state index in [2.05, 4.69) is 29.8 Å². The van der Waals surface area contributed by atoms with Gasteiger partial charge in [0, 0.05) is 12.5 Å². The third-order valence-corrected chi connectivity index (χ3v) is 3.77. The van der Waals surface area contributed by atoms with E-state index in [9.17, 15) is 0 Å². The Kier molecular flexibility index (Phi) is 2.21. The van der Waals surface area contributed by atoms with Gasteiger partial charge in [-0.05, 0) is 38.1 Å². The molecule has 0 atom stereocenters. The molecule has 3 rings (SSSR count). The molecule has 2 aliphatic rings. The van der Waals surface area contributed by atoms with E-state index in [1.165, 1.54) is 17.7 Å². The van der Waals surface area contributed by atoms with E-state index >= 15 is 0 Å². The van der Waals surface area contributed by atoms with Crippen LogP contribution in [0.5, 0.6) is 5.75 Å². The lowest BCUT2D eigenvalue weighted by molar-refractivity contribution is 0.112. The van der Waals surface area contributed by atoms with Crippen molar-refractivity contribution in [1.82, 2.24) is 5.43 Å². The van der Waals surface area contributed by atoms with E-state index < -0.39 is 0 Å². The Morgan fingerprint density at radius 3 is 3.06 bits per heavy atom. The van der Waals surface area contributed by atoms with Crippen molar-refractivity contribution >= 4 is 17.0 Å². The van der Waals surface area contributed by atoms with Crippen molar-refractivity contribution < 1.29 is 4.74 Å². The maximum atomic E-state index is 5.91. The summed E-state index contributed by atoms with van der Waals surface area (Å²) in [6.45, 7) is 4.22. The minimum atomic E-state index is -0.141. The highest BCUT2D eigenvalue weighted by molar-refractivity contribution is 7.12. The van der Waals surface area contributed by atoms with E-state index in [4.69, 9.17) is 4.74 Å². The summed E-state index contributed by atoms with van der Waals surface area (Å²) in [5.74, 6) is 0.984. The van der Waals surface area contributed by atoms with Crippen molar-refractivity contribution in [3.63, 3.8) is 0 Å². The first-order chi connectivity index (χ1) is 7.64. The lowest BCUT2D eigenvalue weighted by Crippen LogP contribution is -2.36. The normalized spacial score (nSPS) is 25.0. The molecule has 86 valence electrons. The van der Waals surface area contributed by atoms with Crippen LogP contribution in [0.15, 0.2) is 16.5 Å². The lowest BCUT2D eigenvalue weighted by atomic mass is 9.97. The van der Waals surface area contributed by atoms with E-state index in [1.54, 1.807) is 11.3 Å². The maximum absolute atomic E-state index is 5.91. The topological polar surface area (TPSA) is 33.6 Å². The molecule has 1 aromatic rings. The van der Waals surface area contributed by atoms with E-state index in [1.807, 2.05) is 6.07 Å². The molecule has 0 unspecified atom stereocenters. The van der Waals surface area contributed by atoms with Crippen molar-refractivity contribution in [2.24, 2.45) is 5.10 Å². The van der Waals surface area contributed by atoms with Crippen LogP contribution < -0.4 is 10.2 Å². The molecule has 0 aromatic carbocycles. The van der Waals surface area contributed by atoms with Crippen LogP contribution in [0.4, 0.5) is 0 Å². The molecule has 1 aliphatic carbocycles. The predicted octanol–water partition coefficient (Wildman–Crippen LogP) is 2.77. The Balaban J connectivity index is 1.89. The average Bonchev–Trinajstić information content (AvgIpc) is 2.92. The summed E-state index contributed by atoms with van der Waals surface area (Å²) in [4.78, 5) is 1.19. The second-order valence-corrected chi connectivity index (χ2v) is 6.03. The largest absolute Gasteiger partial charge is 0.486 e. The first-order valence-corrected chi connectivity index (χ1v) is 6.61. The van der Waals surface area contributed by atoms with Gasteiger partial charge in [0.05, 0.1) is 10.6 Å². The van der Waals surface area contributed by atoms with Gasteiger partial charge in [0.25, 0.3) is 0 Å². The fraction of sp³-hybridized carbons (Fsp3) is 0.583. The number of hydrazone groups is 1. The van der Waals surface area contributed by atoms with Gasteiger partial charge in [0.2, 0.25) is 0 Å². The number of nitrogens with zero attached hydrogens (tertiary/aromatic N) is 1. The Labute approximate surface area is 99.5 Å². The Morgan fingerprint density at radius 1 is 1.50 bits per heavy atom. The lowest BCUT2D eigenvalue weighted by Gasteiger charge is -2.31. The van der Waals surface area contributed by atoms with Gasteiger partial charge in [-0.15, -0.1) is 11.3 Å². The van der Waals surface area contributed by atoms with Gasteiger partial charge < -0.3 is 10.2 Å². The van der Waals surface area contributed by atoms with Crippen molar-refractivity contribution in [1.29, 1.82) is 0 Å². The van der Waals surface area contributed by atoms with Crippen molar-refractivity contribution in [3.05, 3.63) is 16.3 Å². The molecule has 0 saturated heterocycles.